The molecule has 0 unspecified atom stereocenters. The van der Waals surface area contributed by atoms with Crippen molar-refractivity contribution in [2.75, 3.05) is 10.6 Å². The van der Waals surface area contributed by atoms with Gasteiger partial charge in [0.2, 0.25) is 5.91 Å². The molecule has 1 aromatic carbocycles. The Morgan fingerprint density at radius 3 is 2.43 bits per heavy atom. The fourth-order valence-electron chi connectivity index (χ4n) is 1.07. The summed E-state index contributed by atoms with van der Waals surface area (Å²) in [6, 6.07) is 7.61. The van der Waals surface area contributed by atoms with Crippen molar-refractivity contribution >= 4 is 33.1 Å². The van der Waals surface area contributed by atoms with Crippen molar-refractivity contribution in [3.8, 4) is 0 Å². The fraction of sp³-hybridized carbons (Fsp3) is 0.182. The lowest BCUT2D eigenvalue weighted by molar-refractivity contribution is -0.114. The lowest BCUT2D eigenvalue weighted by Gasteiger charge is -2.04. The van der Waals surface area contributed by atoms with E-state index in [1.807, 2.05) is 24.3 Å². The molecule has 0 spiro atoms. The highest BCUT2D eigenvalue weighted by Gasteiger charge is 1.98. The number of carbonyl (C=O) groups excluding carboxylic acids is 1. The summed E-state index contributed by atoms with van der Waals surface area (Å²) >= 11 is 3.34. The molecule has 3 heteroatoms. The van der Waals surface area contributed by atoms with Gasteiger partial charge in [0.25, 0.3) is 0 Å². The molecule has 1 aromatic rings. The lowest BCUT2D eigenvalue weighted by Crippen LogP contribution is -2.05. The first-order valence-corrected chi connectivity index (χ1v) is 5.37. The summed E-state index contributed by atoms with van der Waals surface area (Å²) in [5.74, 6) is -0.0583. The average Bonchev–Trinajstić information content (AvgIpc) is 2.17. The van der Waals surface area contributed by atoms with E-state index in [4.69, 9.17) is 0 Å². The van der Waals surface area contributed by atoms with E-state index in [1.54, 1.807) is 0 Å². The summed E-state index contributed by atoms with van der Waals surface area (Å²) in [6.45, 7) is 5.39. The van der Waals surface area contributed by atoms with Gasteiger partial charge >= 0.3 is 0 Å². The Labute approximate surface area is 92.1 Å². The Kier molecular flexibility index (Phi) is 3.89. The number of anilines is 1. The van der Waals surface area contributed by atoms with Crippen LogP contribution >= 0.6 is 15.9 Å². The molecule has 0 bridgehead atoms. The summed E-state index contributed by atoms with van der Waals surface area (Å²) in [5, 5.41) is 3.47. The highest BCUT2D eigenvalue weighted by molar-refractivity contribution is 9.09. The summed E-state index contributed by atoms with van der Waals surface area (Å²) < 4.78 is 0. The minimum atomic E-state index is -0.0583. The summed E-state index contributed by atoms with van der Waals surface area (Å²) in [6.07, 6.45) is 0. The maximum atomic E-state index is 10.8. The number of halogens is 1. The average molecular weight is 254 g/mol. The van der Waals surface area contributed by atoms with Crippen molar-refractivity contribution in [3.05, 3.63) is 36.4 Å². The monoisotopic (exact) mass is 253 g/mol. The Balaban J connectivity index is 2.78. The molecule has 0 atom stereocenters. The predicted octanol–water partition coefficient (Wildman–Crippen LogP) is 3.05. The number of nitrogens with one attached hydrogen (secondary N) is 1. The van der Waals surface area contributed by atoms with Gasteiger partial charge in [0.15, 0.2) is 0 Å². The molecule has 1 N–H and O–H groups in total. The van der Waals surface area contributed by atoms with Gasteiger partial charge in [-0.05, 0) is 23.3 Å². The number of carbonyl (C=O) groups is 1. The molecular formula is C11H12BrNO. The number of hydrogen-bond donors (Lipinski definition) is 1. The summed E-state index contributed by atoms with van der Waals surface area (Å²) in [7, 11) is 0. The Morgan fingerprint density at radius 2 is 2.00 bits per heavy atom. The van der Waals surface area contributed by atoms with Crippen LogP contribution in [0.25, 0.3) is 5.57 Å². The van der Waals surface area contributed by atoms with Crippen LogP contribution in [0.1, 0.15) is 12.5 Å². The number of alkyl halides is 1. The zero-order valence-corrected chi connectivity index (χ0v) is 9.60. The first kappa shape index (κ1) is 11.0. The molecule has 0 aromatic heterocycles. The van der Waals surface area contributed by atoms with Crippen LogP contribution in [0.5, 0.6) is 0 Å². The first-order chi connectivity index (χ1) is 6.63. The molecule has 0 radical (unpaired) electrons. The number of amides is 1. The smallest absolute Gasteiger partial charge is 0.221 e. The maximum Gasteiger partial charge on any atom is 0.221 e. The highest BCUT2D eigenvalue weighted by Crippen LogP contribution is 2.17. The van der Waals surface area contributed by atoms with E-state index in [0.29, 0.717) is 0 Å². The fourth-order valence-corrected chi connectivity index (χ4v) is 1.39. The highest BCUT2D eigenvalue weighted by atomic mass is 79.9. The second-order valence-corrected chi connectivity index (χ2v) is 3.56. The van der Waals surface area contributed by atoms with Crippen LogP contribution in [0, 0.1) is 0 Å². The van der Waals surface area contributed by atoms with Crippen LogP contribution in [-0.4, -0.2) is 11.2 Å². The second-order valence-electron chi connectivity index (χ2n) is 3.00. The van der Waals surface area contributed by atoms with Gasteiger partial charge in [0, 0.05) is 17.9 Å². The van der Waals surface area contributed by atoms with Crippen molar-refractivity contribution in [1.82, 2.24) is 0 Å². The largest absolute Gasteiger partial charge is 0.326 e. The summed E-state index contributed by atoms with van der Waals surface area (Å²) in [4.78, 5) is 10.8. The standard InChI is InChI=1S/C11H12BrNO/c1-8(7-12)10-3-5-11(6-4-10)13-9(2)14/h3-6H,1,7H2,2H3,(H,13,14). The van der Waals surface area contributed by atoms with Crippen LogP contribution in [0.3, 0.4) is 0 Å². The molecule has 0 aliphatic heterocycles. The molecule has 2 nitrogen and oxygen atoms in total. The van der Waals surface area contributed by atoms with Gasteiger partial charge in [-0.15, -0.1) is 0 Å². The van der Waals surface area contributed by atoms with E-state index in [-0.39, 0.29) is 5.91 Å². The minimum absolute atomic E-state index is 0.0583. The third kappa shape index (κ3) is 3.00. The third-order valence-electron chi connectivity index (χ3n) is 1.77. The molecule has 74 valence electrons. The van der Waals surface area contributed by atoms with Gasteiger partial charge in [0.05, 0.1) is 0 Å². The number of benzene rings is 1. The Hall–Kier alpha value is -1.09. The maximum absolute atomic E-state index is 10.8. The molecular weight excluding hydrogens is 242 g/mol. The first-order valence-electron chi connectivity index (χ1n) is 4.25. The normalized spacial score (nSPS) is 9.57. The van der Waals surface area contributed by atoms with Gasteiger partial charge in [0.1, 0.15) is 0 Å². The number of allylic oxidation sites excluding steroid dienone is 1. The SMILES string of the molecule is C=C(CBr)c1ccc(NC(C)=O)cc1. The second kappa shape index (κ2) is 4.96. The zero-order valence-electron chi connectivity index (χ0n) is 8.01. The van der Waals surface area contributed by atoms with Gasteiger partial charge in [-0.2, -0.15) is 0 Å². The molecule has 0 fully saturated rings. The van der Waals surface area contributed by atoms with Crippen LogP contribution in [0.2, 0.25) is 0 Å². The molecule has 0 aliphatic carbocycles. The van der Waals surface area contributed by atoms with Crippen LogP contribution < -0.4 is 5.32 Å². The van der Waals surface area contributed by atoms with E-state index in [2.05, 4.69) is 27.8 Å². The van der Waals surface area contributed by atoms with Gasteiger partial charge < -0.3 is 5.32 Å². The molecule has 14 heavy (non-hydrogen) atoms. The number of hydrogen-bond acceptors (Lipinski definition) is 1. The van der Waals surface area contributed by atoms with Gasteiger partial charge in [-0.1, -0.05) is 34.6 Å². The van der Waals surface area contributed by atoms with Crippen molar-refractivity contribution < 1.29 is 4.79 Å². The van der Waals surface area contributed by atoms with Crippen LogP contribution in [0.4, 0.5) is 5.69 Å². The lowest BCUT2D eigenvalue weighted by atomic mass is 10.1. The van der Waals surface area contributed by atoms with E-state index < -0.39 is 0 Å². The molecule has 0 aliphatic rings. The molecule has 0 saturated carbocycles. The van der Waals surface area contributed by atoms with E-state index >= 15 is 0 Å². The van der Waals surface area contributed by atoms with Crippen LogP contribution in [-0.2, 0) is 4.79 Å². The van der Waals surface area contributed by atoms with E-state index in [0.717, 1.165) is 22.2 Å². The third-order valence-corrected chi connectivity index (χ3v) is 2.45. The topological polar surface area (TPSA) is 29.1 Å². The van der Waals surface area contributed by atoms with Gasteiger partial charge in [-0.25, -0.2) is 0 Å². The van der Waals surface area contributed by atoms with Crippen molar-refractivity contribution in [1.29, 1.82) is 0 Å². The Morgan fingerprint density at radius 1 is 1.43 bits per heavy atom. The van der Waals surface area contributed by atoms with Crippen molar-refractivity contribution in [3.63, 3.8) is 0 Å². The molecule has 0 saturated heterocycles. The molecule has 1 rings (SSSR count). The predicted molar refractivity (Wildman–Crippen MR) is 63.6 cm³/mol. The van der Waals surface area contributed by atoms with Crippen molar-refractivity contribution in [2.45, 2.75) is 6.92 Å². The molecule has 0 heterocycles. The minimum Gasteiger partial charge on any atom is -0.326 e. The van der Waals surface area contributed by atoms with E-state index in [9.17, 15) is 4.79 Å². The van der Waals surface area contributed by atoms with Crippen LogP contribution in [0.15, 0.2) is 30.8 Å². The molecule has 1 amide bonds. The van der Waals surface area contributed by atoms with E-state index in [1.165, 1.54) is 6.92 Å². The van der Waals surface area contributed by atoms with Gasteiger partial charge in [-0.3, -0.25) is 4.79 Å². The number of rotatable bonds is 3. The Bertz CT molecular complexity index is 343. The summed E-state index contributed by atoms with van der Waals surface area (Å²) in [5.41, 5.74) is 2.92. The van der Waals surface area contributed by atoms with Crippen molar-refractivity contribution in [2.24, 2.45) is 0 Å². The zero-order chi connectivity index (χ0) is 10.6. The quantitative estimate of drug-likeness (QED) is 0.825.